The molecule has 3 rings (SSSR count). The van der Waals surface area contributed by atoms with Gasteiger partial charge in [-0.2, -0.15) is 0 Å². The van der Waals surface area contributed by atoms with Gasteiger partial charge in [0.05, 0.1) is 10.5 Å². The van der Waals surface area contributed by atoms with Gasteiger partial charge in [0.15, 0.2) is 6.61 Å². The number of hydrogen-bond acceptors (Lipinski definition) is 5. The molecule has 1 aliphatic rings. The van der Waals surface area contributed by atoms with Crippen molar-refractivity contribution in [1.29, 1.82) is 0 Å². The Morgan fingerprint density at radius 2 is 1.93 bits per heavy atom. The molecule has 0 bridgehead atoms. The molecule has 0 atom stereocenters. The number of amides is 1. The quantitative estimate of drug-likeness (QED) is 0.688. The van der Waals surface area contributed by atoms with Crippen molar-refractivity contribution in [3.63, 3.8) is 0 Å². The molecule has 2 N–H and O–H groups in total. The molecular formula is C19H19FN2O5S. The smallest absolute Gasteiger partial charge is 0.338 e. The summed E-state index contributed by atoms with van der Waals surface area (Å²) >= 11 is 0. The van der Waals surface area contributed by atoms with Crippen LogP contribution in [-0.4, -0.2) is 32.9 Å². The molecule has 0 unspecified atom stereocenters. The van der Waals surface area contributed by atoms with Gasteiger partial charge in [-0.1, -0.05) is 12.1 Å². The highest BCUT2D eigenvalue weighted by Crippen LogP contribution is 2.21. The predicted octanol–water partition coefficient (Wildman–Crippen LogP) is 2.37. The third kappa shape index (κ3) is 5.07. The Labute approximate surface area is 161 Å². The number of esters is 1. The molecule has 2 aromatic carbocycles. The van der Waals surface area contributed by atoms with E-state index in [2.05, 4.69) is 10.0 Å². The second-order valence-electron chi connectivity index (χ2n) is 6.51. The SMILES string of the molecule is Cc1ccc(F)cc1S(=O)(=O)Nc1cccc(C(=O)OCC(=O)NC2CC2)c1. The Kier molecular flexibility index (Phi) is 5.64. The first kappa shape index (κ1) is 19.8. The maximum absolute atomic E-state index is 13.4. The fraction of sp³-hybridized carbons (Fsp3) is 0.263. The van der Waals surface area contributed by atoms with Crippen LogP contribution in [0.1, 0.15) is 28.8 Å². The lowest BCUT2D eigenvalue weighted by molar-refractivity contribution is -0.124. The molecule has 0 saturated heterocycles. The van der Waals surface area contributed by atoms with Crippen LogP contribution in [0.3, 0.4) is 0 Å². The van der Waals surface area contributed by atoms with E-state index in [1.165, 1.54) is 36.4 Å². The summed E-state index contributed by atoms with van der Waals surface area (Å²) < 4.78 is 45.8. The number of nitrogens with one attached hydrogen (secondary N) is 2. The van der Waals surface area contributed by atoms with Crippen LogP contribution in [-0.2, 0) is 19.6 Å². The normalized spacial score (nSPS) is 13.6. The summed E-state index contributed by atoms with van der Waals surface area (Å²) in [4.78, 5) is 23.5. The van der Waals surface area contributed by atoms with E-state index in [9.17, 15) is 22.4 Å². The van der Waals surface area contributed by atoms with Gasteiger partial charge in [0.2, 0.25) is 0 Å². The Balaban J connectivity index is 1.69. The lowest BCUT2D eigenvalue weighted by atomic mass is 10.2. The molecule has 9 heteroatoms. The zero-order chi connectivity index (χ0) is 20.3. The minimum absolute atomic E-state index is 0.0791. The third-order valence-corrected chi connectivity index (χ3v) is 5.59. The topological polar surface area (TPSA) is 102 Å². The minimum atomic E-state index is -4.05. The number of halogens is 1. The van der Waals surface area contributed by atoms with Crippen molar-refractivity contribution in [3.8, 4) is 0 Å². The minimum Gasteiger partial charge on any atom is -0.452 e. The van der Waals surface area contributed by atoms with E-state index in [4.69, 9.17) is 4.74 Å². The average Bonchev–Trinajstić information content (AvgIpc) is 3.45. The number of aryl methyl sites for hydroxylation is 1. The third-order valence-electron chi connectivity index (χ3n) is 4.07. The highest BCUT2D eigenvalue weighted by molar-refractivity contribution is 7.92. The van der Waals surface area contributed by atoms with Crippen LogP contribution in [0.5, 0.6) is 0 Å². The molecule has 148 valence electrons. The van der Waals surface area contributed by atoms with Gasteiger partial charge in [-0.25, -0.2) is 17.6 Å². The molecular weight excluding hydrogens is 387 g/mol. The number of hydrogen-bond donors (Lipinski definition) is 2. The number of benzene rings is 2. The zero-order valence-electron chi connectivity index (χ0n) is 15.1. The number of rotatable bonds is 7. The molecule has 0 radical (unpaired) electrons. The maximum atomic E-state index is 13.4. The monoisotopic (exact) mass is 406 g/mol. The van der Waals surface area contributed by atoms with Crippen LogP contribution < -0.4 is 10.0 Å². The molecule has 7 nitrogen and oxygen atoms in total. The van der Waals surface area contributed by atoms with Crippen LogP contribution in [0.25, 0.3) is 0 Å². The van der Waals surface area contributed by atoms with E-state index in [1.54, 1.807) is 6.92 Å². The summed E-state index contributed by atoms with van der Waals surface area (Å²) in [5.41, 5.74) is 0.571. The lowest BCUT2D eigenvalue weighted by Crippen LogP contribution is -2.30. The molecule has 1 aliphatic carbocycles. The van der Waals surface area contributed by atoms with Gasteiger partial charge in [-0.15, -0.1) is 0 Å². The second kappa shape index (κ2) is 7.97. The Morgan fingerprint density at radius 3 is 2.64 bits per heavy atom. The van der Waals surface area contributed by atoms with Crippen LogP contribution >= 0.6 is 0 Å². The summed E-state index contributed by atoms with van der Waals surface area (Å²) in [5, 5.41) is 2.69. The number of sulfonamides is 1. The van der Waals surface area contributed by atoms with Crippen molar-refractivity contribution in [1.82, 2.24) is 5.32 Å². The van der Waals surface area contributed by atoms with Gasteiger partial charge in [0, 0.05) is 11.7 Å². The van der Waals surface area contributed by atoms with E-state index >= 15 is 0 Å². The first-order valence-corrected chi connectivity index (χ1v) is 10.1. The van der Waals surface area contributed by atoms with E-state index in [1.807, 2.05) is 0 Å². The summed E-state index contributed by atoms with van der Waals surface area (Å²) in [6, 6.07) is 9.26. The molecule has 0 heterocycles. The highest BCUT2D eigenvalue weighted by Gasteiger charge is 2.24. The molecule has 28 heavy (non-hydrogen) atoms. The number of ether oxygens (including phenoxy) is 1. The lowest BCUT2D eigenvalue weighted by Gasteiger charge is -2.11. The van der Waals surface area contributed by atoms with E-state index in [0.717, 1.165) is 18.9 Å². The molecule has 1 fully saturated rings. The van der Waals surface area contributed by atoms with Gasteiger partial charge in [0.1, 0.15) is 5.82 Å². The van der Waals surface area contributed by atoms with Gasteiger partial charge in [0.25, 0.3) is 15.9 Å². The summed E-state index contributed by atoms with van der Waals surface area (Å²) in [5.74, 6) is -1.81. The fourth-order valence-electron chi connectivity index (χ4n) is 2.49. The van der Waals surface area contributed by atoms with Crippen LogP contribution in [0.15, 0.2) is 47.4 Å². The van der Waals surface area contributed by atoms with Crippen molar-refractivity contribution in [2.45, 2.75) is 30.7 Å². The van der Waals surface area contributed by atoms with E-state index < -0.39 is 28.4 Å². The molecule has 1 amide bonds. The summed E-state index contributed by atoms with van der Waals surface area (Å²) in [6.45, 7) is 1.14. The van der Waals surface area contributed by atoms with Gasteiger partial charge < -0.3 is 10.1 Å². The number of carbonyl (C=O) groups is 2. The molecule has 0 aliphatic heterocycles. The largest absolute Gasteiger partial charge is 0.452 e. The van der Waals surface area contributed by atoms with Gasteiger partial charge in [-0.3, -0.25) is 9.52 Å². The first-order valence-electron chi connectivity index (χ1n) is 8.60. The van der Waals surface area contributed by atoms with Crippen molar-refractivity contribution >= 4 is 27.6 Å². The number of anilines is 1. The first-order chi connectivity index (χ1) is 13.2. The number of carbonyl (C=O) groups excluding carboxylic acids is 2. The zero-order valence-corrected chi connectivity index (χ0v) is 15.9. The standard InChI is InChI=1S/C19H19FN2O5S/c1-12-5-6-14(20)10-17(12)28(25,26)22-16-4-2-3-13(9-16)19(24)27-11-18(23)21-15-7-8-15/h2-6,9-10,15,22H,7-8,11H2,1H3,(H,21,23). The van der Waals surface area contributed by atoms with Crippen molar-refractivity contribution in [2.75, 3.05) is 11.3 Å². The molecule has 0 spiro atoms. The van der Waals surface area contributed by atoms with Crippen molar-refractivity contribution in [2.24, 2.45) is 0 Å². The maximum Gasteiger partial charge on any atom is 0.338 e. The van der Waals surface area contributed by atoms with Crippen molar-refractivity contribution in [3.05, 3.63) is 59.4 Å². The van der Waals surface area contributed by atoms with Crippen LogP contribution in [0.2, 0.25) is 0 Å². The van der Waals surface area contributed by atoms with Gasteiger partial charge >= 0.3 is 5.97 Å². The Hall–Kier alpha value is -2.94. The van der Waals surface area contributed by atoms with E-state index in [-0.39, 0.29) is 28.1 Å². The molecule has 1 saturated carbocycles. The average molecular weight is 406 g/mol. The summed E-state index contributed by atoms with van der Waals surface area (Å²) in [6.07, 6.45) is 1.85. The molecule has 0 aromatic heterocycles. The Morgan fingerprint density at radius 1 is 1.18 bits per heavy atom. The van der Waals surface area contributed by atoms with Crippen molar-refractivity contribution < 1.29 is 27.1 Å². The van der Waals surface area contributed by atoms with E-state index in [0.29, 0.717) is 5.56 Å². The fourth-order valence-corrected chi connectivity index (χ4v) is 3.80. The van der Waals surface area contributed by atoms with Gasteiger partial charge in [-0.05, 0) is 55.7 Å². The second-order valence-corrected chi connectivity index (χ2v) is 8.16. The predicted molar refractivity (Wildman–Crippen MR) is 99.8 cm³/mol. The molecule has 2 aromatic rings. The van der Waals surface area contributed by atoms with Crippen LogP contribution in [0, 0.1) is 12.7 Å². The van der Waals surface area contributed by atoms with Crippen LogP contribution in [0.4, 0.5) is 10.1 Å². The highest BCUT2D eigenvalue weighted by atomic mass is 32.2. The Bertz CT molecular complexity index is 1020. The summed E-state index contributed by atoms with van der Waals surface area (Å²) in [7, 11) is -4.05.